The normalized spacial score (nSPS) is 16.5. The van der Waals surface area contributed by atoms with Crippen molar-refractivity contribution in [1.29, 1.82) is 0 Å². The molecule has 1 aliphatic heterocycles. The highest BCUT2D eigenvalue weighted by Crippen LogP contribution is 2.23. The highest BCUT2D eigenvalue weighted by atomic mass is 16.5. The van der Waals surface area contributed by atoms with Gasteiger partial charge in [-0.1, -0.05) is 38.7 Å². The van der Waals surface area contributed by atoms with Gasteiger partial charge in [-0.3, -0.25) is 0 Å². The maximum absolute atomic E-state index is 11.2. The molecule has 0 spiro atoms. The van der Waals surface area contributed by atoms with E-state index in [1.165, 1.54) is 25.7 Å². The number of unbranched alkanes of at least 4 members (excludes halogenated alkanes) is 6. The van der Waals surface area contributed by atoms with E-state index in [1.54, 1.807) is 24.3 Å². The highest BCUT2D eigenvalue weighted by molar-refractivity contribution is 5.89. The van der Waals surface area contributed by atoms with Gasteiger partial charge in [0.15, 0.2) is 0 Å². The summed E-state index contributed by atoms with van der Waals surface area (Å²) < 4.78 is 10.8. The molecule has 0 aliphatic carbocycles. The van der Waals surface area contributed by atoms with Crippen LogP contribution >= 0.6 is 0 Å². The Labute approximate surface area is 155 Å². The number of cyclic esters (lactones) is 1. The van der Waals surface area contributed by atoms with Crippen molar-refractivity contribution in [2.45, 2.75) is 63.9 Å². The number of ether oxygens (including phenoxy) is 2. The number of hydrogen-bond donors (Lipinski definition) is 1. The monoisotopic (exact) mass is 360 g/mol. The lowest BCUT2D eigenvalue weighted by molar-refractivity contribution is -0.139. The lowest BCUT2D eigenvalue weighted by Crippen LogP contribution is -2.06. The smallest absolute Gasteiger partial charge is 0.335 e. The topological polar surface area (TPSA) is 72.8 Å². The van der Waals surface area contributed by atoms with Gasteiger partial charge in [-0.15, -0.1) is 0 Å². The van der Waals surface area contributed by atoms with Crippen LogP contribution < -0.4 is 4.74 Å². The fourth-order valence-corrected chi connectivity index (χ4v) is 3.04. The number of benzene rings is 1. The first-order chi connectivity index (χ1) is 12.6. The minimum atomic E-state index is -0.925. The molecular weight excluding hydrogens is 332 g/mol. The van der Waals surface area contributed by atoms with E-state index in [1.807, 2.05) is 0 Å². The number of carboxylic acids is 1. The van der Waals surface area contributed by atoms with Gasteiger partial charge in [0.2, 0.25) is 0 Å². The molecule has 142 valence electrons. The Kier molecular flexibility index (Phi) is 8.19. The Morgan fingerprint density at radius 2 is 1.69 bits per heavy atom. The van der Waals surface area contributed by atoms with Gasteiger partial charge in [0, 0.05) is 12.0 Å². The molecule has 1 aromatic carbocycles. The van der Waals surface area contributed by atoms with Crippen LogP contribution in [0.2, 0.25) is 0 Å². The average molecular weight is 360 g/mol. The van der Waals surface area contributed by atoms with Crippen LogP contribution in [-0.2, 0) is 9.53 Å². The van der Waals surface area contributed by atoms with Crippen LogP contribution in [0.15, 0.2) is 36.4 Å². The van der Waals surface area contributed by atoms with Gasteiger partial charge in [0.25, 0.3) is 0 Å². The van der Waals surface area contributed by atoms with Crippen LogP contribution in [0.5, 0.6) is 5.75 Å². The van der Waals surface area contributed by atoms with Crippen molar-refractivity contribution in [3.05, 3.63) is 42.0 Å². The second-order valence-electron chi connectivity index (χ2n) is 6.78. The van der Waals surface area contributed by atoms with E-state index < -0.39 is 5.97 Å². The Morgan fingerprint density at radius 1 is 1.08 bits per heavy atom. The summed E-state index contributed by atoms with van der Waals surface area (Å²) in [6.07, 6.45) is 9.70. The third-order valence-electron chi connectivity index (χ3n) is 4.58. The van der Waals surface area contributed by atoms with Gasteiger partial charge < -0.3 is 14.6 Å². The predicted molar refractivity (Wildman–Crippen MR) is 99.5 cm³/mol. The van der Waals surface area contributed by atoms with Crippen molar-refractivity contribution in [3.8, 4) is 5.75 Å². The first-order valence-corrected chi connectivity index (χ1v) is 9.41. The van der Waals surface area contributed by atoms with Gasteiger partial charge in [0.05, 0.1) is 12.2 Å². The second kappa shape index (κ2) is 10.6. The molecular formula is C21H28O5. The Hall–Kier alpha value is -2.30. The SMILES string of the molecule is C=C1CC(CCCCCCCCCOc2ccc(C(=O)O)cc2)OC1=O. The second-order valence-corrected chi connectivity index (χ2v) is 6.78. The van der Waals surface area contributed by atoms with E-state index in [0.29, 0.717) is 24.4 Å². The first kappa shape index (κ1) is 20.0. The number of hydrogen-bond acceptors (Lipinski definition) is 4. The molecule has 0 bridgehead atoms. The fourth-order valence-electron chi connectivity index (χ4n) is 3.04. The molecule has 0 saturated carbocycles. The summed E-state index contributed by atoms with van der Waals surface area (Å²) in [4.78, 5) is 22.0. The summed E-state index contributed by atoms with van der Waals surface area (Å²) in [6.45, 7) is 4.36. The molecule has 0 aromatic heterocycles. The van der Waals surface area contributed by atoms with E-state index in [9.17, 15) is 9.59 Å². The number of carboxylic acid groups (broad SMARTS) is 1. The third-order valence-corrected chi connectivity index (χ3v) is 4.58. The lowest BCUT2D eigenvalue weighted by Gasteiger charge is -2.08. The van der Waals surface area contributed by atoms with Gasteiger partial charge in [-0.2, -0.15) is 0 Å². The molecule has 5 heteroatoms. The van der Waals surface area contributed by atoms with Crippen LogP contribution in [0.3, 0.4) is 0 Å². The zero-order chi connectivity index (χ0) is 18.8. The van der Waals surface area contributed by atoms with Crippen LogP contribution in [0.4, 0.5) is 0 Å². The maximum Gasteiger partial charge on any atom is 0.335 e. The molecule has 5 nitrogen and oxygen atoms in total. The maximum atomic E-state index is 11.2. The molecule has 0 amide bonds. The van der Waals surface area contributed by atoms with Crippen LogP contribution in [-0.4, -0.2) is 29.8 Å². The molecule has 1 saturated heterocycles. The number of rotatable bonds is 12. The number of carbonyl (C=O) groups excluding carboxylic acids is 1. The molecule has 1 N–H and O–H groups in total. The lowest BCUT2D eigenvalue weighted by atomic mass is 10.0. The zero-order valence-corrected chi connectivity index (χ0v) is 15.2. The number of aromatic carboxylic acids is 1. The molecule has 0 radical (unpaired) electrons. The third kappa shape index (κ3) is 6.90. The van der Waals surface area contributed by atoms with Crippen molar-refractivity contribution in [3.63, 3.8) is 0 Å². The van der Waals surface area contributed by atoms with Crippen molar-refractivity contribution in [1.82, 2.24) is 0 Å². The van der Waals surface area contributed by atoms with E-state index in [4.69, 9.17) is 14.6 Å². The number of esters is 1. The van der Waals surface area contributed by atoms with Gasteiger partial charge in [-0.05, 0) is 43.5 Å². The predicted octanol–water partition coefficient (Wildman–Crippen LogP) is 4.76. The van der Waals surface area contributed by atoms with Gasteiger partial charge >= 0.3 is 11.9 Å². The molecule has 1 heterocycles. The van der Waals surface area contributed by atoms with Gasteiger partial charge in [-0.25, -0.2) is 9.59 Å². The molecule has 2 rings (SSSR count). The number of carbonyl (C=O) groups is 2. The molecule has 1 aliphatic rings. The summed E-state index contributed by atoms with van der Waals surface area (Å²) >= 11 is 0. The van der Waals surface area contributed by atoms with Crippen molar-refractivity contribution in [2.24, 2.45) is 0 Å². The summed E-state index contributed by atoms with van der Waals surface area (Å²) in [7, 11) is 0. The zero-order valence-electron chi connectivity index (χ0n) is 15.2. The van der Waals surface area contributed by atoms with E-state index in [0.717, 1.165) is 25.7 Å². The molecule has 1 unspecified atom stereocenters. The highest BCUT2D eigenvalue weighted by Gasteiger charge is 2.26. The Morgan fingerprint density at radius 3 is 2.27 bits per heavy atom. The van der Waals surface area contributed by atoms with Crippen LogP contribution in [0.25, 0.3) is 0 Å². The fraction of sp³-hybridized carbons (Fsp3) is 0.524. The van der Waals surface area contributed by atoms with Gasteiger partial charge in [0.1, 0.15) is 11.9 Å². The minimum absolute atomic E-state index is 0.0525. The average Bonchev–Trinajstić information content (AvgIpc) is 2.94. The summed E-state index contributed by atoms with van der Waals surface area (Å²) in [5, 5.41) is 8.84. The van der Waals surface area contributed by atoms with Crippen molar-refractivity contribution in [2.75, 3.05) is 6.61 Å². The quantitative estimate of drug-likeness (QED) is 0.331. The molecule has 1 aromatic rings. The minimum Gasteiger partial charge on any atom is -0.494 e. The van der Waals surface area contributed by atoms with Crippen molar-refractivity contribution < 1.29 is 24.2 Å². The van der Waals surface area contributed by atoms with Crippen molar-refractivity contribution >= 4 is 11.9 Å². The van der Waals surface area contributed by atoms with Crippen LogP contribution in [0, 0.1) is 0 Å². The molecule has 1 fully saturated rings. The Balaban J connectivity index is 1.41. The molecule has 1 atom stereocenters. The van der Waals surface area contributed by atoms with Crippen LogP contribution in [0.1, 0.15) is 68.1 Å². The van der Waals surface area contributed by atoms with E-state index >= 15 is 0 Å². The first-order valence-electron chi connectivity index (χ1n) is 9.41. The summed E-state index contributed by atoms with van der Waals surface area (Å²) in [5.74, 6) is -0.438. The standard InChI is InChI=1S/C21H28O5/c1-16-15-19(26-21(16)24)9-7-5-3-2-4-6-8-14-25-18-12-10-17(11-13-18)20(22)23/h10-13,19H,1-9,14-15H2,(H,22,23). The molecule has 26 heavy (non-hydrogen) atoms. The van der Waals surface area contributed by atoms with E-state index in [-0.39, 0.29) is 17.6 Å². The summed E-state index contributed by atoms with van der Waals surface area (Å²) in [6, 6.07) is 6.50. The largest absolute Gasteiger partial charge is 0.494 e. The Bertz CT molecular complexity index is 589. The summed E-state index contributed by atoms with van der Waals surface area (Å²) in [5.41, 5.74) is 0.878. The van der Waals surface area contributed by atoms with E-state index in [2.05, 4.69) is 6.58 Å².